The Morgan fingerprint density at radius 2 is 2.40 bits per heavy atom. The second-order valence-electron chi connectivity index (χ2n) is 5.12. The van der Waals surface area contributed by atoms with Gasteiger partial charge < -0.3 is 11.1 Å². The number of carbonyl (C=O) groups is 1. The van der Waals surface area contributed by atoms with Gasteiger partial charge in [0, 0.05) is 12.6 Å². The quantitative estimate of drug-likeness (QED) is 0.892. The molecule has 0 aliphatic heterocycles. The molecule has 4 nitrogen and oxygen atoms in total. The van der Waals surface area contributed by atoms with Crippen LogP contribution in [0.4, 0.5) is 0 Å². The third-order valence-corrected chi connectivity index (χ3v) is 5.66. The van der Waals surface area contributed by atoms with Crippen LogP contribution >= 0.6 is 22.7 Å². The lowest BCUT2D eigenvalue weighted by Gasteiger charge is -2.10. The summed E-state index contributed by atoms with van der Waals surface area (Å²) in [4.78, 5) is 18.5. The van der Waals surface area contributed by atoms with Crippen LogP contribution in [0.25, 0.3) is 9.88 Å². The second kappa shape index (κ2) is 5.63. The summed E-state index contributed by atoms with van der Waals surface area (Å²) in [5.41, 5.74) is 6.79. The SMILES string of the molecule is Cc1nc(-c2cccs2)sc1C(=O)NCC(N)C1CC1. The van der Waals surface area contributed by atoms with Crippen LogP contribution in [-0.4, -0.2) is 23.5 Å². The van der Waals surface area contributed by atoms with E-state index in [1.807, 2.05) is 24.4 Å². The molecule has 1 aliphatic carbocycles. The maximum absolute atomic E-state index is 12.2. The fourth-order valence-electron chi connectivity index (χ4n) is 2.09. The molecule has 1 atom stereocenters. The summed E-state index contributed by atoms with van der Waals surface area (Å²) >= 11 is 3.08. The zero-order valence-corrected chi connectivity index (χ0v) is 12.9. The first-order valence-corrected chi connectivity index (χ1v) is 8.40. The Labute approximate surface area is 126 Å². The first kappa shape index (κ1) is 13.7. The average molecular weight is 307 g/mol. The van der Waals surface area contributed by atoms with Gasteiger partial charge in [-0.3, -0.25) is 4.79 Å². The van der Waals surface area contributed by atoms with Gasteiger partial charge in [0.2, 0.25) is 0 Å². The molecule has 0 spiro atoms. The van der Waals surface area contributed by atoms with E-state index >= 15 is 0 Å². The predicted molar refractivity (Wildman–Crippen MR) is 83.2 cm³/mol. The first-order valence-electron chi connectivity index (χ1n) is 6.70. The van der Waals surface area contributed by atoms with Crippen LogP contribution in [0, 0.1) is 12.8 Å². The maximum atomic E-state index is 12.2. The lowest BCUT2D eigenvalue weighted by molar-refractivity contribution is 0.0953. The molecule has 2 aromatic rings. The van der Waals surface area contributed by atoms with Crippen molar-refractivity contribution in [3.63, 3.8) is 0 Å². The number of amides is 1. The molecule has 106 valence electrons. The molecule has 6 heteroatoms. The molecule has 3 rings (SSSR count). The molecule has 1 fully saturated rings. The number of rotatable bonds is 5. The van der Waals surface area contributed by atoms with Crippen LogP contribution in [0.1, 0.15) is 28.2 Å². The number of aromatic nitrogens is 1. The van der Waals surface area contributed by atoms with Crippen molar-refractivity contribution in [1.82, 2.24) is 10.3 Å². The zero-order chi connectivity index (χ0) is 14.1. The van der Waals surface area contributed by atoms with E-state index in [0.29, 0.717) is 17.3 Å². The lowest BCUT2D eigenvalue weighted by atomic mass is 10.2. The monoisotopic (exact) mass is 307 g/mol. The summed E-state index contributed by atoms with van der Waals surface area (Å²) < 4.78 is 0. The Morgan fingerprint density at radius 3 is 3.05 bits per heavy atom. The highest BCUT2D eigenvalue weighted by Gasteiger charge is 2.28. The third-order valence-electron chi connectivity index (χ3n) is 3.46. The van der Waals surface area contributed by atoms with Gasteiger partial charge in [-0.05, 0) is 37.1 Å². The largest absolute Gasteiger partial charge is 0.350 e. The van der Waals surface area contributed by atoms with Crippen LogP contribution in [0.3, 0.4) is 0 Å². The third kappa shape index (κ3) is 2.92. The fourth-order valence-corrected chi connectivity index (χ4v) is 3.87. The van der Waals surface area contributed by atoms with Crippen molar-refractivity contribution in [2.45, 2.75) is 25.8 Å². The number of aryl methyl sites for hydroxylation is 1. The Morgan fingerprint density at radius 1 is 1.60 bits per heavy atom. The van der Waals surface area contributed by atoms with Gasteiger partial charge in [-0.25, -0.2) is 4.98 Å². The Bertz CT molecular complexity index is 602. The summed E-state index contributed by atoms with van der Waals surface area (Å²) in [6, 6.07) is 4.10. The van der Waals surface area contributed by atoms with Gasteiger partial charge >= 0.3 is 0 Å². The molecule has 0 bridgehead atoms. The second-order valence-corrected chi connectivity index (χ2v) is 7.07. The number of nitrogens with two attached hydrogens (primary N) is 1. The summed E-state index contributed by atoms with van der Waals surface area (Å²) in [5.74, 6) is 0.540. The highest BCUT2D eigenvalue weighted by Crippen LogP contribution is 2.32. The van der Waals surface area contributed by atoms with Gasteiger partial charge in [0.1, 0.15) is 9.88 Å². The van der Waals surface area contributed by atoms with Crippen molar-refractivity contribution in [3.8, 4) is 9.88 Å². The number of thiazole rings is 1. The summed E-state index contributed by atoms with van der Waals surface area (Å²) in [6.45, 7) is 2.43. The molecule has 3 N–H and O–H groups in total. The molecule has 0 aromatic carbocycles. The minimum absolute atomic E-state index is 0.0566. The standard InChI is InChI=1S/C14H17N3OS2/c1-8-12(13(18)16-7-10(15)9-4-5-9)20-14(17-8)11-3-2-6-19-11/h2-3,6,9-10H,4-5,7,15H2,1H3,(H,16,18). The van der Waals surface area contributed by atoms with E-state index in [0.717, 1.165) is 15.6 Å². The molecule has 0 saturated heterocycles. The van der Waals surface area contributed by atoms with Crippen LogP contribution in [-0.2, 0) is 0 Å². The molecule has 1 amide bonds. The van der Waals surface area contributed by atoms with E-state index in [9.17, 15) is 4.79 Å². The summed E-state index contributed by atoms with van der Waals surface area (Å²) in [7, 11) is 0. The van der Waals surface area contributed by atoms with Crippen LogP contribution < -0.4 is 11.1 Å². The van der Waals surface area contributed by atoms with Crippen molar-refractivity contribution in [2.24, 2.45) is 11.7 Å². The van der Waals surface area contributed by atoms with Crippen LogP contribution in [0.2, 0.25) is 0 Å². The highest BCUT2D eigenvalue weighted by molar-refractivity contribution is 7.22. The summed E-state index contributed by atoms with van der Waals surface area (Å²) in [5, 5.41) is 5.85. The molecule has 2 heterocycles. The van der Waals surface area contributed by atoms with E-state index in [4.69, 9.17) is 5.73 Å². The fraction of sp³-hybridized carbons (Fsp3) is 0.429. The van der Waals surface area contributed by atoms with Crippen molar-refractivity contribution >= 4 is 28.6 Å². The molecule has 0 radical (unpaired) electrons. The predicted octanol–water partition coefficient (Wildman–Crippen LogP) is 2.65. The molecule has 1 unspecified atom stereocenters. The number of thiophene rings is 1. The lowest BCUT2D eigenvalue weighted by Crippen LogP contribution is -2.38. The summed E-state index contributed by atoms with van der Waals surface area (Å²) in [6.07, 6.45) is 2.39. The van der Waals surface area contributed by atoms with E-state index in [1.54, 1.807) is 11.3 Å². The van der Waals surface area contributed by atoms with Crippen molar-refractivity contribution in [1.29, 1.82) is 0 Å². The normalized spacial score (nSPS) is 16.1. The first-order chi connectivity index (χ1) is 9.65. The molecule has 1 aliphatic rings. The van der Waals surface area contributed by atoms with Crippen molar-refractivity contribution < 1.29 is 4.79 Å². The number of hydrogen-bond acceptors (Lipinski definition) is 5. The smallest absolute Gasteiger partial charge is 0.263 e. The zero-order valence-electron chi connectivity index (χ0n) is 11.3. The molecule has 2 aromatic heterocycles. The van der Waals surface area contributed by atoms with Crippen LogP contribution in [0.5, 0.6) is 0 Å². The van der Waals surface area contributed by atoms with Gasteiger partial charge in [-0.15, -0.1) is 22.7 Å². The van der Waals surface area contributed by atoms with Gasteiger partial charge in [0.15, 0.2) is 0 Å². The highest BCUT2D eigenvalue weighted by atomic mass is 32.1. The van der Waals surface area contributed by atoms with Gasteiger partial charge in [-0.2, -0.15) is 0 Å². The Balaban J connectivity index is 1.68. The average Bonchev–Trinajstić information content (AvgIpc) is 2.99. The van der Waals surface area contributed by atoms with E-state index < -0.39 is 0 Å². The van der Waals surface area contributed by atoms with Gasteiger partial charge in [0.05, 0.1) is 10.6 Å². The molecule has 1 saturated carbocycles. The van der Waals surface area contributed by atoms with Crippen molar-refractivity contribution in [3.05, 3.63) is 28.1 Å². The topological polar surface area (TPSA) is 68.0 Å². The van der Waals surface area contributed by atoms with Crippen LogP contribution in [0.15, 0.2) is 17.5 Å². The van der Waals surface area contributed by atoms with Crippen molar-refractivity contribution in [2.75, 3.05) is 6.54 Å². The van der Waals surface area contributed by atoms with E-state index in [-0.39, 0.29) is 11.9 Å². The number of nitrogens with one attached hydrogen (secondary N) is 1. The maximum Gasteiger partial charge on any atom is 0.263 e. The number of carbonyl (C=O) groups excluding carboxylic acids is 1. The molecular weight excluding hydrogens is 290 g/mol. The Hall–Kier alpha value is -1.24. The van der Waals surface area contributed by atoms with Gasteiger partial charge in [0.25, 0.3) is 5.91 Å². The minimum atomic E-state index is -0.0566. The number of hydrogen-bond donors (Lipinski definition) is 2. The van der Waals surface area contributed by atoms with E-state index in [2.05, 4.69) is 10.3 Å². The van der Waals surface area contributed by atoms with E-state index in [1.165, 1.54) is 24.2 Å². The molecular formula is C14H17N3OS2. The number of nitrogens with zero attached hydrogens (tertiary/aromatic N) is 1. The van der Waals surface area contributed by atoms with Gasteiger partial charge in [-0.1, -0.05) is 6.07 Å². The Kier molecular flexibility index (Phi) is 3.87. The molecule has 20 heavy (non-hydrogen) atoms. The minimum Gasteiger partial charge on any atom is -0.350 e.